The lowest BCUT2D eigenvalue weighted by atomic mass is 10.1. The van der Waals surface area contributed by atoms with E-state index in [0.29, 0.717) is 5.82 Å². The number of rotatable bonds is 7. The van der Waals surface area contributed by atoms with Crippen LogP contribution in [0, 0.1) is 5.82 Å². The van der Waals surface area contributed by atoms with Gasteiger partial charge in [-0.1, -0.05) is 6.92 Å². The number of likely N-dealkylation sites (tertiary alicyclic amines) is 1. The molecule has 2 aromatic rings. The van der Waals surface area contributed by atoms with E-state index in [1.807, 2.05) is 0 Å². The van der Waals surface area contributed by atoms with Gasteiger partial charge in [-0.05, 0) is 51.4 Å². The summed E-state index contributed by atoms with van der Waals surface area (Å²) in [5.74, 6) is -1.05. The molecule has 10 heteroatoms. The number of carbonyl (C=O) groups is 1. The lowest BCUT2D eigenvalue weighted by Crippen LogP contribution is -2.35. The Labute approximate surface area is 176 Å². The zero-order valence-electron chi connectivity index (χ0n) is 17.4. The van der Waals surface area contributed by atoms with Gasteiger partial charge in [-0.2, -0.15) is 5.10 Å². The maximum atomic E-state index is 14.3. The molecule has 1 aromatic heterocycles. The minimum atomic E-state index is -3.85. The largest absolute Gasteiger partial charge is 0.307 e. The molecule has 1 saturated heterocycles. The van der Waals surface area contributed by atoms with Gasteiger partial charge in [0, 0.05) is 25.2 Å². The number of benzene rings is 1. The standard InChI is InChI=1S/C20H28FN5O3S/c1-4-25-11-8-15(9-12-25)26-19(7-10-22-26)23-20(27)17-13-16(5-6-18(17)21)30(28,29)24-14(2)3/h5-7,10,13-15,24H,4,8-9,11-12H2,1-3H3,(H,23,27). The fraction of sp³-hybridized carbons (Fsp3) is 0.500. The second-order valence-electron chi connectivity index (χ2n) is 7.70. The first kappa shape index (κ1) is 22.4. The molecule has 0 unspecified atom stereocenters. The van der Waals surface area contributed by atoms with E-state index in [0.717, 1.165) is 50.7 Å². The fourth-order valence-corrected chi connectivity index (χ4v) is 4.87. The zero-order valence-corrected chi connectivity index (χ0v) is 18.2. The summed E-state index contributed by atoms with van der Waals surface area (Å²) in [4.78, 5) is 14.9. The molecule has 0 saturated carbocycles. The van der Waals surface area contributed by atoms with E-state index in [9.17, 15) is 17.6 Å². The summed E-state index contributed by atoms with van der Waals surface area (Å²) < 4.78 is 43.3. The maximum absolute atomic E-state index is 14.3. The molecule has 0 aliphatic carbocycles. The van der Waals surface area contributed by atoms with Gasteiger partial charge in [0.2, 0.25) is 10.0 Å². The average molecular weight is 438 g/mol. The van der Waals surface area contributed by atoms with Gasteiger partial charge in [-0.15, -0.1) is 0 Å². The molecule has 2 heterocycles. The Kier molecular flexibility index (Phi) is 6.89. The number of piperidine rings is 1. The molecule has 3 rings (SSSR count). The van der Waals surface area contributed by atoms with Crippen molar-refractivity contribution in [2.75, 3.05) is 25.0 Å². The predicted molar refractivity (Wildman–Crippen MR) is 112 cm³/mol. The van der Waals surface area contributed by atoms with Crippen molar-refractivity contribution < 1.29 is 17.6 Å². The zero-order chi connectivity index (χ0) is 21.9. The Balaban J connectivity index is 1.79. The Morgan fingerprint density at radius 2 is 1.97 bits per heavy atom. The summed E-state index contributed by atoms with van der Waals surface area (Å²) in [5.41, 5.74) is -0.338. The van der Waals surface area contributed by atoms with Crippen molar-refractivity contribution in [3.63, 3.8) is 0 Å². The Morgan fingerprint density at radius 1 is 1.27 bits per heavy atom. The summed E-state index contributed by atoms with van der Waals surface area (Å²) in [6.45, 7) is 8.39. The third-order valence-corrected chi connectivity index (χ3v) is 6.80. The number of carbonyl (C=O) groups excluding carboxylic acids is 1. The van der Waals surface area contributed by atoms with Crippen molar-refractivity contribution in [3.05, 3.63) is 41.8 Å². The first-order valence-corrected chi connectivity index (χ1v) is 11.6. The second-order valence-corrected chi connectivity index (χ2v) is 9.41. The van der Waals surface area contributed by atoms with E-state index in [1.165, 1.54) is 0 Å². The van der Waals surface area contributed by atoms with Crippen molar-refractivity contribution in [3.8, 4) is 0 Å². The van der Waals surface area contributed by atoms with Crippen molar-refractivity contribution in [1.29, 1.82) is 0 Å². The first-order chi connectivity index (χ1) is 14.2. The highest BCUT2D eigenvalue weighted by Gasteiger charge is 2.24. The van der Waals surface area contributed by atoms with Gasteiger partial charge in [0.1, 0.15) is 11.6 Å². The minimum Gasteiger partial charge on any atom is -0.307 e. The molecule has 1 amide bonds. The highest BCUT2D eigenvalue weighted by Crippen LogP contribution is 2.26. The molecular weight excluding hydrogens is 409 g/mol. The molecule has 164 valence electrons. The van der Waals surface area contributed by atoms with E-state index in [2.05, 4.69) is 27.0 Å². The minimum absolute atomic E-state index is 0.143. The molecule has 0 atom stereocenters. The summed E-state index contributed by atoms with van der Waals surface area (Å²) in [5, 5.41) is 7.02. The number of sulfonamides is 1. The topological polar surface area (TPSA) is 96.3 Å². The summed E-state index contributed by atoms with van der Waals surface area (Å²) in [6.07, 6.45) is 3.40. The number of amides is 1. The van der Waals surface area contributed by atoms with Gasteiger partial charge in [0.05, 0.1) is 22.7 Å². The van der Waals surface area contributed by atoms with Gasteiger partial charge in [0.15, 0.2) is 0 Å². The van der Waals surface area contributed by atoms with Crippen LogP contribution in [0.25, 0.3) is 0 Å². The van der Waals surface area contributed by atoms with Crippen LogP contribution in [0.2, 0.25) is 0 Å². The lowest BCUT2D eigenvalue weighted by Gasteiger charge is -2.31. The summed E-state index contributed by atoms with van der Waals surface area (Å²) >= 11 is 0. The first-order valence-electron chi connectivity index (χ1n) is 10.1. The van der Waals surface area contributed by atoms with Gasteiger partial charge in [0.25, 0.3) is 5.91 Å². The van der Waals surface area contributed by atoms with Crippen LogP contribution in [0.1, 0.15) is 50.0 Å². The number of aromatic nitrogens is 2. The molecule has 1 aliphatic rings. The van der Waals surface area contributed by atoms with E-state index in [1.54, 1.807) is 30.8 Å². The third-order valence-electron chi connectivity index (χ3n) is 5.15. The normalized spacial score (nSPS) is 16.2. The molecule has 8 nitrogen and oxygen atoms in total. The van der Waals surface area contributed by atoms with Crippen LogP contribution in [0.4, 0.5) is 10.2 Å². The lowest BCUT2D eigenvalue weighted by molar-refractivity contribution is 0.102. The van der Waals surface area contributed by atoms with Crippen molar-refractivity contribution in [2.24, 2.45) is 0 Å². The Bertz CT molecular complexity index is 998. The van der Waals surface area contributed by atoms with Crippen LogP contribution in [0.3, 0.4) is 0 Å². The summed E-state index contributed by atoms with van der Waals surface area (Å²) in [7, 11) is -3.85. The van der Waals surface area contributed by atoms with E-state index >= 15 is 0 Å². The number of nitrogens with zero attached hydrogens (tertiary/aromatic N) is 3. The van der Waals surface area contributed by atoms with Gasteiger partial charge in [-0.25, -0.2) is 22.2 Å². The fourth-order valence-electron chi connectivity index (χ4n) is 3.59. The van der Waals surface area contributed by atoms with Crippen LogP contribution < -0.4 is 10.0 Å². The predicted octanol–water partition coefficient (Wildman–Crippen LogP) is 2.62. The number of halogens is 1. The van der Waals surface area contributed by atoms with E-state index < -0.39 is 21.7 Å². The quantitative estimate of drug-likeness (QED) is 0.694. The van der Waals surface area contributed by atoms with E-state index in [-0.39, 0.29) is 22.5 Å². The number of hydrogen-bond acceptors (Lipinski definition) is 5. The Morgan fingerprint density at radius 3 is 2.60 bits per heavy atom. The molecular formula is C20H28FN5O3S. The smallest absolute Gasteiger partial charge is 0.259 e. The molecule has 0 bridgehead atoms. The molecule has 1 aromatic carbocycles. The highest BCUT2D eigenvalue weighted by atomic mass is 32.2. The van der Waals surface area contributed by atoms with Crippen LogP contribution >= 0.6 is 0 Å². The highest BCUT2D eigenvalue weighted by molar-refractivity contribution is 7.89. The third kappa shape index (κ3) is 5.05. The number of nitrogens with one attached hydrogen (secondary N) is 2. The van der Waals surface area contributed by atoms with Crippen LogP contribution in [0.15, 0.2) is 35.4 Å². The van der Waals surface area contributed by atoms with Gasteiger partial charge < -0.3 is 10.2 Å². The Hall–Kier alpha value is -2.30. The van der Waals surface area contributed by atoms with Crippen molar-refractivity contribution in [2.45, 2.75) is 50.6 Å². The van der Waals surface area contributed by atoms with Gasteiger partial charge >= 0.3 is 0 Å². The average Bonchev–Trinajstić information content (AvgIpc) is 3.15. The second kappa shape index (κ2) is 9.23. The SMILES string of the molecule is CCN1CCC(n2nccc2NC(=O)c2cc(S(=O)(=O)NC(C)C)ccc2F)CC1. The van der Waals surface area contributed by atoms with Gasteiger partial charge in [-0.3, -0.25) is 4.79 Å². The molecule has 0 spiro atoms. The number of anilines is 1. The van der Waals surface area contributed by atoms with Crippen LogP contribution in [-0.2, 0) is 10.0 Å². The van der Waals surface area contributed by atoms with Crippen molar-refractivity contribution >= 4 is 21.7 Å². The van der Waals surface area contributed by atoms with Crippen LogP contribution in [0.5, 0.6) is 0 Å². The molecule has 2 N–H and O–H groups in total. The summed E-state index contributed by atoms with van der Waals surface area (Å²) in [6, 6.07) is 4.65. The molecule has 1 aliphatic heterocycles. The molecule has 30 heavy (non-hydrogen) atoms. The molecule has 0 radical (unpaired) electrons. The number of hydrogen-bond donors (Lipinski definition) is 2. The van der Waals surface area contributed by atoms with Crippen molar-refractivity contribution in [1.82, 2.24) is 19.4 Å². The molecule has 1 fully saturated rings. The monoisotopic (exact) mass is 437 g/mol. The van der Waals surface area contributed by atoms with Crippen LogP contribution in [-0.4, -0.2) is 54.7 Å². The maximum Gasteiger partial charge on any atom is 0.259 e. The van der Waals surface area contributed by atoms with E-state index in [4.69, 9.17) is 0 Å².